The topological polar surface area (TPSA) is 50.2 Å². The first-order valence-electron chi connectivity index (χ1n) is 9.78. The van der Waals surface area contributed by atoms with Gasteiger partial charge in [-0.3, -0.25) is 4.79 Å². The van der Waals surface area contributed by atoms with Crippen molar-refractivity contribution in [1.29, 1.82) is 0 Å². The number of carbonyl (C=O) groups excluding carboxylic acids is 1. The number of hydrogen-bond donors (Lipinski definition) is 1. The Hall–Kier alpha value is -1.01. The molecule has 6 heteroatoms. The minimum atomic E-state index is 0.148. The Morgan fingerprint density at radius 3 is 2.60 bits per heavy atom. The highest BCUT2D eigenvalue weighted by Gasteiger charge is 2.32. The molecule has 0 spiro atoms. The normalized spacial score (nSPS) is 19.3. The summed E-state index contributed by atoms with van der Waals surface area (Å²) in [4.78, 5) is 19.6. The number of nitrogens with one attached hydrogen (secondary N) is 1. The molecule has 1 amide bonds. The molecule has 1 saturated heterocycles. The molecule has 0 aromatic carbocycles. The van der Waals surface area contributed by atoms with Crippen molar-refractivity contribution in [3.8, 4) is 0 Å². The highest BCUT2D eigenvalue weighted by Crippen LogP contribution is 2.29. The zero-order valence-electron chi connectivity index (χ0n) is 15.9. The van der Waals surface area contributed by atoms with Crippen molar-refractivity contribution in [2.45, 2.75) is 83.1 Å². The van der Waals surface area contributed by atoms with E-state index in [1.165, 1.54) is 25.0 Å². The molecule has 0 unspecified atom stereocenters. The summed E-state index contributed by atoms with van der Waals surface area (Å²) >= 11 is 1.57. The number of piperidine rings is 1. The smallest absolute Gasteiger partial charge is 0.230 e. The van der Waals surface area contributed by atoms with Gasteiger partial charge in [-0.25, -0.2) is 4.98 Å². The van der Waals surface area contributed by atoms with Crippen molar-refractivity contribution in [2.24, 2.45) is 0 Å². The van der Waals surface area contributed by atoms with Gasteiger partial charge < -0.3 is 14.8 Å². The van der Waals surface area contributed by atoms with E-state index in [4.69, 9.17) is 0 Å². The second kappa shape index (κ2) is 8.58. The number of amides is 1. The first-order valence-corrected chi connectivity index (χ1v) is 10.8. The number of aromatic nitrogens is 2. The molecule has 2 heterocycles. The molecular formula is C19H32N4OS. The van der Waals surface area contributed by atoms with Crippen LogP contribution in [0.25, 0.3) is 0 Å². The summed E-state index contributed by atoms with van der Waals surface area (Å²) in [5, 5.41) is 4.22. The van der Waals surface area contributed by atoms with Crippen molar-refractivity contribution < 1.29 is 4.79 Å². The Bertz CT molecular complexity index is 588. The molecule has 1 N–H and O–H groups in total. The number of likely N-dealkylation sites (tertiary alicyclic amines) is 1. The van der Waals surface area contributed by atoms with Crippen LogP contribution in [0.3, 0.4) is 0 Å². The van der Waals surface area contributed by atoms with E-state index in [1.807, 2.05) is 0 Å². The van der Waals surface area contributed by atoms with Crippen LogP contribution >= 0.6 is 11.8 Å². The molecule has 2 aliphatic rings. The SMILES string of the molecule is CCCCn1c(SCC(=O)NC2CCN(C3CC3)CC2)nc(C)c1C. The highest BCUT2D eigenvalue weighted by atomic mass is 32.2. The quantitative estimate of drug-likeness (QED) is 0.720. The molecular weight excluding hydrogens is 332 g/mol. The number of unbranched alkanes of at least 4 members (excludes halogenated alkanes) is 1. The van der Waals surface area contributed by atoms with E-state index in [9.17, 15) is 4.79 Å². The van der Waals surface area contributed by atoms with E-state index < -0.39 is 0 Å². The van der Waals surface area contributed by atoms with Gasteiger partial charge in [0.25, 0.3) is 0 Å². The van der Waals surface area contributed by atoms with Crippen LogP contribution in [0.1, 0.15) is 56.8 Å². The van der Waals surface area contributed by atoms with Crippen molar-refractivity contribution in [3.63, 3.8) is 0 Å². The van der Waals surface area contributed by atoms with Crippen molar-refractivity contribution in [1.82, 2.24) is 19.8 Å². The van der Waals surface area contributed by atoms with E-state index in [0.717, 1.165) is 55.8 Å². The Labute approximate surface area is 155 Å². The number of thioether (sulfide) groups is 1. The third-order valence-electron chi connectivity index (χ3n) is 5.45. The maximum absolute atomic E-state index is 12.3. The van der Waals surface area contributed by atoms with Gasteiger partial charge in [-0.05, 0) is 46.0 Å². The second-order valence-corrected chi connectivity index (χ2v) is 8.41. The number of imidazole rings is 1. The Balaban J connectivity index is 1.45. The third-order valence-corrected chi connectivity index (χ3v) is 6.42. The van der Waals surface area contributed by atoms with Gasteiger partial charge in [0.05, 0.1) is 11.4 Å². The van der Waals surface area contributed by atoms with E-state index in [0.29, 0.717) is 11.8 Å². The molecule has 1 saturated carbocycles. The van der Waals surface area contributed by atoms with Crippen LogP contribution in [0.15, 0.2) is 5.16 Å². The lowest BCUT2D eigenvalue weighted by atomic mass is 10.1. The van der Waals surface area contributed by atoms with E-state index in [-0.39, 0.29) is 5.91 Å². The number of hydrogen-bond acceptors (Lipinski definition) is 4. The molecule has 25 heavy (non-hydrogen) atoms. The summed E-state index contributed by atoms with van der Waals surface area (Å²) in [5.41, 5.74) is 2.30. The van der Waals surface area contributed by atoms with Gasteiger partial charge in [0.2, 0.25) is 5.91 Å². The molecule has 3 rings (SSSR count). The summed E-state index contributed by atoms with van der Waals surface area (Å²) in [6.07, 6.45) is 7.25. The van der Waals surface area contributed by atoms with Crippen molar-refractivity contribution in [2.75, 3.05) is 18.8 Å². The van der Waals surface area contributed by atoms with Crippen LogP contribution < -0.4 is 5.32 Å². The molecule has 0 radical (unpaired) electrons. The minimum absolute atomic E-state index is 0.148. The van der Waals surface area contributed by atoms with Crippen LogP contribution in [-0.2, 0) is 11.3 Å². The van der Waals surface area contributed by atoms with Crippen molar-refractivity contribution >= 4 is 17.7 Å². The zero-order chi connectivity index (χ0) is 17.8. The summed E-state index contributed by atoms with van der Waals surface area (Å²) in [6, 6.07) is 1.20. The lowest BCUT2D eigenvalue weighted by Crippen LogP contribution is -2.45. The van der Waals surface area contributed by atoms with E-state index in [1.54, 1.807) is 11.8 Å². The Morgan fingerprint density at radius 1 is 1.24 bits per heavy atom. The molecule has 5 nitrogen and oxygen atoms in total. The summed E-state index contributed by atoms with van der Waals surface area (Å²) in [5.74, 6) is 0.612. The lowest BCUT2D eigenvalue weighted by Gasteiger charge is -2.32. The number of nitrogens with zero attached hydrogens (tertiary/aromatic N) is 3. The molecule has 140 valence electrons. The number of carbonyl (C=O) groups is 1. The molecule has 2 fully saturated rings. The number of aryl methyl sites for hydroxylation is 1. The summed E-state index contributed by atoms with van der Waals surface area (Å²) in [7, 11) is 0. The molecule has 1 aromatic heterocycles. The van der Waals surface area contributed by atoms with Gasteiger partial charge in [-0.2, -0.15) is 0 Å². The summed E-state index contributed by atoms with van der Waals surface area (Å²) < 4.78 is 2.27. The zero-order valence-corrected chi connectivity index (χ0v) is 16.7. The average Bonchev–Trinajstić information content (AvgIpc) is 3.41. The van der Waals surface area contributed by atoms with Crippen LogP contribution in [0.5, 0.6) is 0 Å². The number of rotatable bonds is 8. The predicted octanol–water partition coefficient (Wildman–Crippen LogP) is 3.14. The first-order chi connectivity index (χ1) is 12.1. The van der Waals surface area contributed by atoms with Crippen molar-refractivity contribution in [3.05, 3.63) is 11.4 Å². The van der Waals surface area contributed by atoms with Crippen LogP contribution in [-0.4, -0.2) is 51.3 Å². The second-order valence-electron chi connectivity index (χ2n) is 7.47. The maximum atomic E-state index is 12.3. The van der Waals surface area contributed by atoms with Crippen LogP contribution in [0.4, 0.5) is 0 Å². The first kappa shape index (κ1) is 18.8. The Kier molecular flexibility index (Phi) is 6.44. The molecule has 1 aliphatic heterocycles. The standard InChI is InChI=1S/C19H32N4OS/c1-4-5-10-23-15(3)14(2)20-19(23)25-13-18(24)21-16-8-11-22(12-9-16)17-6-7-17/h16-17H,4-13H2,1-3H3,(H,21,24). The highest BCUT2D eigenvalue weighted by molar-refractivity contribution is 7.99. The Morgan fingerprint density at radius 2 is 1.96 bits per heavy atom. The fourth-order valence-electron chi connectivity index (χ4n) is 3.56. The van der Waals surface area contributed by atoms with Gasteiger partial charge in [-0.15, -0.1) is 0 Å². The minimum Gasteiger partial charge on any atom is -0.353 e. The third kappa shape index (κ3) is 5.00. The largest absolute Gasteiger partial charge is 0.353 e. The average molecular weight is 365 g/mol. The maximum Gasteiger partial charge on any atom is 0.230 e. The van der Waals surface area contributed by atoms with E-state index in [2.05, 4.69) is 40.5 Å². The monoisotopic (exact) mass is 364 g/mol. The fraction of sp³-hybridized carbons (Fsp3) is 0.789. The fourth-order valence-corrected chi connectivity index (χ4v) is 4.49. The van der Waals surface area contributed by atoms with Gasteiger partial charge in [0.1, 0.15) is 0 Å². The van der Waals surface area contributed by atoms with Crippen LogP contribution in [0, 0.1) is 13.8 Å². The lowest BCUT2D eigenvalue weighted by molar-refractivity contribution is -0.119. The van der Waals surface area contributed by atoms with Gasteiger partial charge in [0.15, 0.2) is 5.16 Å². The summed E-state index contributed by atoms with van der Waals surface area (Å²) in [6.45, 7) is 9.65. The van der Waals surface area contributed by atoms with Crippen LogP contribution in [0.2, 0.25) is 0 Å². The predicted molar refractivity (Wildman–Crippen MR) is 103 cm³/mol. The molecule has 1 aromatic rings. The van der Waals surface area contributed by atoms with Gasteiger partial charge in [-0.1, -0.05) is 25.1 Å². The van der Waals surface area contributed by atoms with Gasteiger partial charge >= 0.3 is 0 Å². The molecule has 0 bridgehead atoms. The molecule has 0 atom stereocenters. The van der Waals surface area contributed by atoms with E-state index >= 15 is 0 Å². The van der Waals surface area contributed by atoms with Gasteiger partial charge in [0, 0.05) is 37.4 Å². The molecule has 1 aliphatic carbocycles.